The van der Waals surface area contributed by atoms with Crippen LogP contribution in [0.4, 0.5) is 0 Å². The topological polar surface area (TPSA) is 32.8 Å². The van der Waals surface area contributed by atoms with Crippen molar-refractivity contribution >= 4 is 5.97 Å². The van der Waals surface area contributed by atoms with Crippen LogP contribution in [-0.4, -0.2) is 61.1 Å². The number of piperazine rings is 1. The van der Waals surface area contributed by atoms with Gasteiger partial charge in [-0.1, -0.05) is 13.3 Å². The summed E-state index contributed by atoms with van der Waals surface area (Å²) in [6.07, 6.45) is 3.02. The van der Waals surface area contributed by atoms with Crippen molar-refractivity contribution in [2.45, 2.75) is 52.1 Å². The van der Waals surface area contributed by atoms with Gasteiger partial charge in [-0.05, 0) is 20.3 Å². The second-order valence-electron chi connectivity index (χ2n) is 5.35. The maximum Gasteiger partial charge on any atom is 0.306 e. The molecule has 1 saturated heterocycles. The van der Waals surface area contributed by atoms with Crippen LogP contribution >= 0.6 is 0 Å². The monoisotopic (exact) mass is 256 g/mol. The standard InChI is InChI=1S/C14H28N2O2/c1-5-6-12(2)16-10-9-15(11-13(16)3)8-7-14(17)18-4/h12-13H,5-11H2,1-4H3/t12-,13-/m0/s1. The predicted molar refractivity (Wildman–Crippen MR) is 73.6 cm³/mol. The van der Waals surface area contributed by atoms with Gasteiger partial charge in [0.2, 0.25) is 0 Å². The second kappa shape index (κ2) is 7.74. The van der Waals surface area contributed by atoms with Crippen molar-refractivity contribution in [1.82, 2.24) is 9.80 Å². The van der Waals surface area contributed by atoms with E-state index in [9.17, 15) is 4.79 Å². The van der Waals surface area contributed by atoms with Crippen LogP contribution in [0.5, 0.6) is 0 Å². The first-order chi connectivity index (χ1) is 8.58. The van der Waals surface area contributed by atoms with Gasteiger partial charge in [-0.2, -0.15) is 0 Å². The molecule has 1 rings (SSSR count). The van der Waals surface area contributed by atoms with Crippen LogP contribution in [0.25, 0.3) is 0 Å². The van der Waals surface area contributed by atoms with Crippen LogP contribution in [0, 0.1) is 0 Å². The molecule has 0 aromatic rings. The zero-order valence-corrected chi connectivity index (χ0v) is 12.3. The lowest BCUT2D eigenvalue weighted by molar-refractivity contribution is -0.141. The number of hydrogen-bond donors (Lipinski definition) is 0. The summed E-state index contributed by atoms with van der Waals surface area (Å²) in [7, 11) is 1.45. The van der Waals surface area contributed by atoms with Gasteiger partial charge in [-0.15, -0.1) is 0 Å². The van der Waals surface area contributed by atoms with Crippen LogP contribution in [-0.2, 0) is 9.53 Å². The van der Waals surface area contributed by atoms with E-state index < -0.39 is 0 Å². The Hall–Kier alpha value is -0.610. The molecule has 0 bridgehead atoms. The molecule has 2 atom stereocenters. The summed E-state index contributed by atoms with van der Waals surface area (Å²) in [5.41, 5.74) is 0. The summed E-state index contributed by atoms with van der Waals surface area (Å²) >= 11 is 0. The Kier molecular flexibility index (Phi) is 6.65. The molecule has 0 aliphatic carbocycles. The summed E-state index contributed by atoms with van der Waals surface area (Å²) in [5.74, 6) is -0.107. The average Bonchev–Trinajstić information content (AvgIpc) is 2.36. The van der Waals surface area contributed by atoms with E-state index in [1.165, 1.54) is 20.0 Å². The molecule has 0 spiro atoms. The third-order valence-corrected chi connectivity index (χ3v) is 3.90. The van der Waals surface area contributed by atoms with Crippen molar-refractivity contribution < 1.29 is 9.53 Å². The Labute approximate surface area is 111 Å². The molecule has 4 nitrogen and oxygen atoms in total. The Balaban J connectivity index is 2.33. The highest BCUT2D eigenvalue weighted by Gasteiger charge is 2.26. The minimum atomic E-state index is -0.107. The summed E-state index contributed by atoms with van der Waals surface area (Å²) in [5, 5.41) is 0. The maximum atomic E-state index is 11.1. The number of hydrogen-bond acceptors (Lipinski definition) is 4. The minimum Gasteiger partial charge on any atom is -0.469 e. The first-order valence-electron chi connectivity index (χ1n) is 7.13. The maximum absolute atomic E-state index is 11.1. The zero-order chi connectivity index (χ0) is 13.5. The molecule has 0 aromatic heterocycles. The normalized spacial score (nSPS) is 23.9. The van der Waals surface area contributed by atoms with Crippen molar-refractivity contribution in [3.05, 3.63) is 0 Å². The lowest BCUT2D eigenvalue weighted by atomic mass is 10.1. The van der Waals surface area contributed by atoms with Crippen molar-refractivity contribution in [3.8, 4) is 0 Å². The van der Waals surface area contributed by atoms with E-state index in [-0.39, 0.29) is 5.97 Å². The van der Waals surface area contributed by atoms with Gasteiger partial charge in [0.15, 0.2) is 0 Å². The minimum absolute atomic E-state index is 0.107. The highest BCUT2D eigenvalue weighted by Crippen LogP contribution is 2.16. The number of nitrogens with zero attached hydrogens (tertiary/aromatic N) is 2. The summed E-state index contributed by atoms with van der Waals surface area (Å²) in [6.45, 7) is 10.9. The molecule has 0 N–H and O–H groups in total. The summed E-state index contributed by atoms with van der Waals surface area (Å²) in [4.78, 5) is 16.1. The van der Waals surface area contributed by atoms with E-state index in [0.29, 0.717) is 18.5 Å². The number of carbonyl (C=O) groups excluding carboxylic acids is 1. The molecule has 0 radical (unpaired) electrons. The fourth-order valence-electron chi connectivity index (χ4n) is 2.84. The van der Waals surface area contributed by atoms with E-state index >= 15 is 0 Å². The highest BCUT2D eigenvalue weighted by atomic mass is 16.5. The molecule has 1 fully saturated rings. The fraction of sp³-hybridized carbons (Fsp3) is 0.929. The van der Waals surface area contributed by atoms with Crippen molar-refractivity contribution in [2.75, 3.05) is 33.3 Å². The van der Waals surface area contributed by atoms with Gasteiger partial charge in [0.05, 0.1) is 13.5 Å². The lowest BCUT2D eigenvalue weighted by Crippen LogP contribution is -2.54. The van der Waals surface area contributed by atoms with Crippen molar-refractivity contribution in [3.63, 3.8) is 0 Å². The van der Waals surface area contributed by atoms with Gasteiger partial charge < -0.3 is 4.74 Å². The summed E-state index contributed by atoms with van der Waals surface area (Å²) < 4.78 is 4.68. The first kappa shape index (κ1) is 15.4. The van der Waals surface area contributed by atoms with Crippen LogP contribution in [0.3, 0.4) is 0 Å². The van der Waals surface area contributed by atoms with E-state index in [4.69, 9.17) is 0 Å². The van der Waals surface area contributed by atoms with Crippen molar-refractivity contribution in [2.24, 2.45) is 0 Å². The number of ether oxygens (including phenoxy) is 1. The fourth-order valence-corrected chi connectivity index (χ4v) is 2.84. The van der Waals surface area contributed by atoms with Gasteiger partial charge in [0, 0.05) is 38.3 Å². The van der Waals surface area contributed by atoms with Crippen LogP contribution in [0.2, 0.25) is 0 Å². The lowest BCUT2D eigenvalue weighted by Gasteiger charge is -2.43. The van der Waals surface area contributed by atoms with E-state index in [1.807, 2.05) is 0 Å². The first-order valence-corrected chi connectivity index (χ1v) is 7.13. The van der Waals surface area contributed by atoms with Gasteiger partial charge in [-0.25, -0.2) is 0 Å². The average molecular weight is 256 g/mol. The molecular weight excluding hydrogens is 228 g/mol. The molecule has 0 amide bonds. The number of methoxy groups -OCH3 is 1. The molecule has 106 valence electrons. The van der Waals surface area contributed by atoms with Crippen molar-refractivity contribution in [1.29, 1.82) is 0 Å². The van der Waals surface area contributed by atoms with Gasteiger partial charge in [-0.3, -0.25) is 14.6 Å². The zero-order valence-electron chi connectivity index (χ0n) is 12.3. The Morgan fingerprint density at radius 3 is 2.72 bits per heavy atom. The molecular formula is C14H28N2O2. The van der Waals surface area contributed by atoms with Crippen LogP contribution < -0.4 is 0 Å². The molecule has 1 heterocycles. The number of rotatable bonds is 6. The quantitative estimate of drug-likeness (QED) is 0.678. The van der Waals surface area contributed by atoms with E-state index in [1.54, 1.807) is 0 Å². The second-order valence-corrected chi connectivity index (χ2v) is 5.35. The third kappa shape index (κ3) is 4.58. The SMILES string of the molecule is CCC[C@H](C)N1CCN(CCC(=O)OC)C[C@@H]1C. The molecule has 4 heteroatoms. The Morgan fingerprint density at radius 1 is 1.44 bits per heavy atom. The highest BCUT2D eigenvalue weighted by molar-refractivity contribution is 5.69. The number of carbonyl (C=O) groups is 1. The van der Waals surface area contributed by atoms with Crippen LogP contribution in [0.15, 0.2) is 0 Å². The molecule has 0 unspecified atom stereocenters. The largest absolute Gasteiger partial charge is 0.469 e. The predicted octanol–water partition coefficient (Wildman–Crippen LogP) is 1.74. The summed E-state index contributed by atoms with van der Waals surface area (Å²) in [6, 6.07) is 1.26. The molecule has 0 saturated carbocycles. The van der Waals surface area contributed by atoms with Gasteiger partial charge >= 0.3 is 5.97 Å². The number of esters is 1. The molecule has 18 heavy (non-hydrogen) atoms. The Morgan fingerprint density at radius 2 is 2.17 bits per heavy atom. The van der Waals surface area contributed by atoms with E-state index in [0.717, 1.165) is 26.2 Å². The van der Waals surface area contributed by atoms with Gasteiger partial charge in [0.25, 0.3) is 0 Å². The Bertz CT molecular complexity index is 258. The third-order valence-electron chi connectivity index (χ3n) is 3.90. The molecule has 1 aliphatic rings. The van der Waals surface area contributed by atoms with Gasteiger partial charge in [0.1, 0.15) is 0 Å². The van der Waals surface area contributed by atoms with Crippen LogP contribution in [0.1, 0.15) is 40.0 Å². The van der Waals surface area contributed by atoms with E-state index in [2.05, 4.69) is 35.3 Å². The molecule has 0 aromatic carbocycles. The molecule has 1 aliphatic heterocycles. The smallest absolute Gasteiger partial charge is 0.306 e.